The van der Waals surface area contributed by atoms with E-state index in [0.717, 1.165) is 29.2 Å². The van der Waals surface area contributed by atoms with Gasteiger partial charge in [0.15, 0.2) is 0 Å². The third kappa shape index (κ3) is 7.79. The number of amides is 1. The Morgan fingerprint density at radius 1 is 1.21 bits per heavy atom. The molecule has 0 heterocycles. The minimum absolute atomic E-state index is 0.0305. The lowest BCUT2D eigenvalue weighted by Gasteiger charge is -2.17. The zero-order valence-corrected chi connectivity index (χ0v) is 15.9. The standard InChI is InChI=1S/C17H28N2O4S/c1-13(2)23-16-10-8-15(9-11-16)7-6-14(3)18-17(20)12-19(4)24(5,21)22/h8-11,13-14H,6-7,12H2,1-5H3,(H,18,20)/t14-/m1/s1. The molecule has 7 heteroatoms. The van der Waals surface area contributed by atoms with Crippen molar-refractivity contribution < 1.29 is 17.9 Å². The van der Waals surface area contributed by atoms with Crippen molar-refractivity contribution in [3.63, 3.8) is 0 Å². The van der Waals surface area contributed by atoms with Crippen molar-refractivity contribution in [2.45, 2.75) is 45.8 Å². The van der Waals surface area contributed by atoms with Gasteiger partial charge in [-0.15, -0.1) is 0 Å². The van der Waals surface area contributed by atoms with E-state index in [-0.39, 0.29) is 24.6 Å². The average molecular weight is 356 g/mol. The van der Waals surface area contributed by atoms with Crippen molar-refractivity contribution in [3.8, 4) is 5.75 Å². The van der Waals surface area contributed by atoms with Crippen LogP contribution in [-0.4, -0.2) is 50.6 Å². The first-order chi connectivity index (χ1) is 11.1. The molecule has 136 valence electrons. The molecule has 1 N–H and O–H groups in total. The van der Waals surface area contributed by atoms with E-state index in [4.69, 9.17) is 4.74 Å². The molecule has 0 aromatic heterocycles. The molecule has 0 radical (unpaired) electrons. The predicted octanol–water partition coefficient (Wildman–Crippen LogP) is 1.80. The van der Waals surface area contributed by atoms with Crippen molar-refractivity contribution in [1.82, 2.24) is 9.62 Å². The number of sulfonamides is 1. The Balaban J connectivity index is 2.40. The highest BCUT2D eigenvalue weighted by Crippen LogP contribution is 2.15. The smallest absolute Gasteiger partial charge is 0.235 e. The third-order valence-corrected chi connectivity index (χ3v) is 4.76. The van der Waals surface area contributed by atoms with Gasteiger partial charge in [-0.2, -0.15) is 4.31 Å². The number of hydrogen-bond donors (Lipinski definition) is 1. The molecule has 0 aliphatic heterocycles. The van der Waals surface area contributed by atoms with Crippen LogP contribution in [0.1, 0.15) is 32.8 Å². The summed E-state index contributed by atoms with van der Waals surface area (Å²) in [6, 6.07) is 7.89. The molecule has 0 saturated carbocycles. The minimum Gasteiger partial charge on any atom is -0.491 e. The maximum Gasteiger partial charge on any atom is 0.235 e. The van der Waals surface area contributed by atoms with E-state index >= 15 is 0 Å². The molecular weight excluding hydrogens is 328 g/mol. The van der Waals surface area contributed by atoms with E-state index in [2.05, 4.69) is 5.32 Å². The van der Waals surface area contributed by atoms with Crippen LogP contribution in [0.2, 0.25) is 0 Å². The van der Waals surface area contributed by atoms with Gasteiger partial charge in [-0.25, -0.2) is 8.42 Å². The van der Waals surface area contributed by atoms with Gasteiger partial charge >= 0.3 is 0 Å². The number of hydrogen-bond acceptors (Lipinski definition) is 4. The summed E-state index contributed by atoms with van der Waals surface area (Å²) in [5, 5.41) is 2.82. The van der Waals surface area contributed by atoms with Gasteiger partial charge in [-0.3, -0.25) is 4.79 Å². The van der Waals surface area contributed by atoms with Crippen molar-refractivity contribution in [2.75, 3.05) is 19.8 Å². The summed E-state index contributed by atoms with van der Waals surface area (Å²) in [6.45, 7) is 5.72. The first-order valence-corrected chi connectivity index (χ1v) is 9.89. The first-order valence-electron chi connectivity index (χ1n) is 8.04. The van der Waals surface area contributed by atoms with E-state index in [1.165, 1.54) is 12.6 Å². The van der Waals surface area contributed by atoms with E-state index in [9.17, 15) is 13.2 Å². The summed E-state index contributed by atoms with van der Waals surface area (Å²) in [6.07, 6.45) is 2.83. The Kier molecular flexibility index (Phi) is 7.69. The number of carbonyl (C=O) groups excluding carboxylic acids is 1. The highest BCUT2D eigenvalue weighted by molar-refractivity contribution is 7.88. The molecule has 24 heavy (non-hydrogen) atoms. The van der Waals surface area contributed by atoms with Gasteiger partial charge in [0.25, 0.3) is 0 Å². The van der Waals surface area contributed by atoms with E-state index in [1.807, 2.05) is 45.0 Å². The Hall–Kier alpha value is -1.60. The molecule has 0 aliphatic carbocycles. The van der Waals surface area contributed by atoms with E-state index < -0.39 is 10.0 Å². The summed E-state index contributed by atoms with van der Waals surface area (Å²) < 4.78 is 29.2. The summed E-state index contributed by atoms with van der Waals surface area (Å²) in [4.78, 5) is 11.8. The molecule has 0 saturated heterocycles. The van der Waals surface area contributed by atoms with Gasteiger partial charge in [-0.05, 0) is 51.3 Å². The monoisotopic (exact) mass is 356 g/mol. The van der Waals surface area contributed by atoms with Crippen LogP contribution >= 0.6 is 0 Å². The largest absolute Gasteiger partial charge is 0.491 e. The molecule has 0 unspecified atom stereocenters. The van der Waals surface area contributed by atoms with Crippen LogP contribution in [0.25, 0.3) is 0 Å². The summed E-state index contributed by atoms with van der Waals surface area (Å²) in [5.41, 5.74) is 1.17. The van der Waals surface area contributed by atoms with Gasteiger partial charge < -0.3 is 10.1 Å². The molecular formula is C17H28N2O4S. The number of carbonyl (C=O) groups is 1. The number of ether oxygens (including phenoxy) is 1. The van der Waals surface area contributed by atoms with Gasteiger partial charge in [0.1, 0.15) is 5.75 Å². The Bertz CT molecular complexity index is 626. The fraction of sp³-hybridized carbons (Fsp3) is 0.588. The molecule has 0 bridgehead atoms. The van der Waals surface area contributed by atoms with Crippen LogP contribution in [-0.2, 0) is 21.2 Å². The number of likely N-dealkylation sites (N-methyl/N-ethyl adjacent to an activating group) is 1. The van der Waals surface area contributed by atoms with Crippen molar-refractivity contribution in [1.29, 1.82) is 0 Å². The zero-order chi connectivity index (χ0) is 18.3. The molecule has 1 rings (SSSR count). The van der Waals surface area contributed by atoms with E-state index in [0.29, 0.717) is 0 Å². The topological polar surface area (TPSA) is 75.7 Å². The van der Waals surface area contributed by atoms with Gasteiger partial charge in [-0.1, -0.05) is 12.1 Å². The van der Waals surface area contributed by atoms with Crippen LogP contribution in [0.4, 0.5) is 0 Å². The lowest BCUT2D eigenvalue weighted by molar-refractivity contribution is -0.121. The summed E-state index contributed by atoms with van der Waals surface area (Å²) in [7, 11) is -1.95. The predicted molar refractivity (Wildman–Crippen MR) is 95.6 cm³/mol. The highest BCUT2D eigenvalue weighted by atomic mass is 32.2. The number of nitrogens with zero attached hydrogens (tertiary/aromatic N) is 1. The normalized spacial score (nSPS) is 13.1. The molecule has 1 amide bonds. The average Bonchev–Trinajstić information content (AvgIpc) is 2.44. The molecule has 1 atom stereocenters. The highest BCUT2D eigenvalue weighted by Gasteiger charge is 2.16. The van der Waals surface area contributed by atoms with Crippen LogP contribution in [0, 0.1) is 0 Å². The summed E-state index contributed by atoms with van der Waals surface area (Å²) in [5.74, 6) is 0.551. The molecule has 1 aromatic rings. The Labute approximate surface area is 145 Å². The second kappa shape index (κ2) is 9.03. The SMILES string of the molecule is CC(C)Oc1ccc(CC[C@@H](C)NC(=O)CN(C)S(C)(=O)=O)cc1. The van der Waals surface area contributed by atoms with Crippen molar-refractivity contribution in [2.24, 2.45) is 0 Å². The van der Waals surface area contributed by atoms with E-state index in [1.54, 1.807) is 0 Å². The number of benzene rings is 1. The fourth-order valence-corrected chi connectivity index (χ4v) is 2.45. The zero-order valence-electron chi connectivity index (χ0n) is 15.1. The number of aryl methyl sites for hydroxylation is 1. The maximum absolute atomic E-state index is 11.8. The van der Waals surface area contributed by atoms with Gasteiger partial charge in [0, 0.05) is 13.1 Å². The van der Waals surface area contributed by atoms with Gasteiger partial charge in [0.2, 0.25) is 15.9 Å². The van der Waals surface area contributed by atoms with Crippen LogP contribution < -0.4 is 10.1 Å². The van der Waals surface area contributed by atoms with Crippen molar-refractivity contribution >= 4 is 15.9 Å². The van der Waals surface area contributed by atoms with Crippen LogP contribution in [0.5, 0.6) is 5.75 Å². The number of nitrogens with one attached hydrogen (secondary N) is 1. The lowest BCUT2D eigenvalue weighted by Crippen LogP contribution is -2.41. The maximum atomic E-state index is 11.8. The second-order valence-electron chi connectivity index (χ2n) is 6.34. The third-order valence-electron chi connectivity index (χ3n) is 3.50. The van der Waals surface area contributed by atoms with Crippen LogP contribution in [0.15, 0.2) is 24.3 Å². The number of rotatable bonds is 9. The first kappa shape index (κ1) is 20.4. The van der Waals surface area contributed by atoms with Crippen molar-refractivity contribution in [3.05, 3.63) is 29.8 Å². The fourth-order valence-electron chi connectivity index (χ4n) is 2.10. The lowest BCUT2D eigenvalue weighted by atomic mass is 10.1. The van der Waals surface area contributed by atoms with Crippen LogP contribution in [0.3, 0.4) is 0 Å². The second-order valence-corrected chi connectivity index (χ2v) is 8.43. The molecule has 1 aromatic carbocycles. The molecule has 0 spiro atoms. The minimum atomic E-state index is -3.34. The quantitative estimate of drug-likeness (QED) is 0.732. The summed E-state index contributed by atoms with van der Waals surface area (Å²) >= 11 is 0. The Morgan fingerprint density at radius 3 is 2.29 bits per heavy atom. The van der Waals surface area contributed by atoms with Gasteiger partial charge in [0.05, 0.1) is 18.9 Å². The molecule has 6 nitrogen and oxygen atoms in total. The Morgan fingerprint density at radius 2 is 1.79 bits per heavy atom. The molecule has 0 fully saturated rings. The molecule has 0 aliphatic rings.